The van der Waals surface area contributed by atoms with Crippen LogP contribution in [0.15, 0.2) is 17.0 Å². The van der Waals surface area contributed by atoms with Crippen LogP contribution in [-0.4, -0.2) is 18.3 Å². The standard InChI is InChI=1S/C13H19NS/c1-9-6-7-10(2)12-11(9)14(5)8-13(3,4)15-12/h6-7H,8H2,1-5H3. The molecule has 0 unspecified atom stereocenters. The van der Waals surface area contributed by atoms with Gasteiger partial charge >= 0.3 is 0 Å². The van der Waals surface area contributed by atoms with Crippen molar-refractivity contribution in [2.45, 2.75) is 37.3 Å². The zero-order chi connectivity index (χ0) is 11.2. The molecule has 1 aromatic carbocycles. The van der Waals surface area contributed by atoms with E-state index in [4.69, 9.17) is 0 Å². The Balaban J connectivity index is 2.59. The highest BCUT2D eigenvalue weighted by atomic mass is 32.2. The summed E-state index contributed by atoms with van der Waals surface area (Å²) in [6.07, 6.45) is 0. The molecule has 1 aliphatic heterocycles. The van der Waals surface area contributed by atoms with Gasteiger partial charge < -0.3 is 4.90 Å². The van der Waals surface area contributed by atoms with Crippen LogP contribution in [0.4, 0.5) is 5.69 Å². The second-order valence-corrected chi connectivity index (χ2v) is 6.81. The molecule has 1 heterocycles. The number of rotatable bonds is 0. The van der Waals surface area contributed by atoms with Crippen LogP contribution in [0.5, 0.6) is 0 Å². The number of aryl methyl sites for hydroxylation is 2. The van der Waals surface area contributed by atoms with E-state index in [1.165, 1.54) is 21.7 Å². The van der Waals surface area contributed by atoms with E-state index < -0.39 is 0 Å². The average Bonchev–Trinajstić information content (AvgIpc) is 2.09. The second kappa shape index (κ2) is 3.44. The summed E-state index contributed by atoms with van der Waals surface area (Å²) in [5.74, 6) is 0. The van der Waals surface area contributed by atoms with Gasteiger partial charge in [-0.3, -0.25) is 0 Å². The van der Waals surface area contributed by atoms with Crippen molar-refractivity contribution in [3.63, 3.8) is 0 Å². The van der Waals surface area contributed by atoms with E-state index in [-0.39, 0.29) is 0 Å². The van der Waals surface area contributed by atoms with Crippen molar-refractivity contribution in [3.8, 4) is 0 Å². The van der Waals surface area contributed by atoms with Crippen molar-refractivity contribution in [2.24, 2.45) is 0 Å². The maximum absolute atomic E-state index is 2.40. The van der Waals surface area contributed by atoms with Gasteiger partial charge in [0.2, 0.25) is 0 Å². The molecule has 1 aliphatic rings. The normalized spacial score (nSPS) is 18.9. The van der Waals surface area contributed by atoms with Crippen LogP contribution in [0.25, 0.3) is 0 Å². The van der Waals surface area contributed by atoms with Crippen LogP contribution in [0.1, 0.15) is 25.0 Å². The molecule has 0 atom stereocenters. The molecule has 0 N–H and O–H groups in total. The Morgan fingerprint density at radius 2 is 1.80 bits per heavy atom. The Morgan fingerprint density at radius 1 is 1.20 bits per heavy atom. The summed E-state index contributed by atoms with van der Waals surface area (Å²) in [6.45, 7) is 10.2. The number of anilines is 1. The number of nitrogens with zero attached hydrogens (tertiary/aromatic N) is 1. The van der Waals surface area contributed by atoms with E-state index in [0.717, 1.165) is 6.54 Å². The van der Waals surface area contributed by atoms with Gasteiger partial charge in [-0.2, -0.15) is 0 Å². The van der Waals surface area contributed by atoms with Crippen LogP contribution >= 0.6 is 11.8 Å². The quantitative estimate of drug-likeness (QED) is 0.658. The van der Waals surface area contributed by atoms with Gasteiger partial charge in [0.15, 0.2) is 0 Å². The average molecular weight is 221 g/mol. The molecule has 0 fully saturated rings. The fraction of sp³-hybridized carbons (Fsp3) is 0.538. The lowest BCUT2D eigenvalue weighted by Gasteiger charge is -2.39. The maximum Gasteiger partial charge on any atom is 0.0534 e. The summed E-state index contributed by atoms with van der Waals surface area (Å²) < 4.78 is 0.320. The number of hydrogen-bond donors (Lipinski definition) is 0. The molecular formula is C13H19NS. The molecule has 0 aliphatic carbocycles. The minimum absolute atomic E-state index is 0.320. The maximum atomic E-state index is 2.40. The third-order valence-electron chi connectivity index (χ3n) is 2.91. The van der Waals surface area contributed by atoms with Gasteiger partial charge in [0.1, 0.15) is 0 Å². The Morgan fingerprint density at radius 3 is 2.47 bits per heavy atom. The van der Waals surface area contributed by atoms with Crippen molar-refractivity contribution in [1.29, 1.82) is 0 Å². The predicted octanol–water partition coefficient (Wildman–Crippen LogP) is 3.62. The van der Waals surface area contributed by atoms with Crippen molar-refractivity contribution in [2.75, 3.05) is 18.5 Å². The molecule has 0 bridgehead atoms. The first-order chi connectivity index (χ1) is 6.91. The number of benzene rings is 1. The topological polar surface area (TPSA) is 3.24 Å². The molecule has 0 saturated heterocycles. The van der Waals surface area contributed by atoms with Crippen LogP contribution in [-0.2, 0) is 0 Å². The summed E-state index contributed by atoms with van der Waals surface area (Å²) in [6, 6.07) is 4.46. The van der Waals surface area contributed by atoms with Gasteiger partial charge in [0.05, 0.1) is 5.69 Å². The minimum atomic E-state index is 0.320. The molecule has 15 heavy (non-hydrogen) atoms. The Labute approximate surface area is 96.9 Å². The first-order valence-corrected chi connectivity index (χ1v) is 6.23. The van der Waals surface area contributed by atoms with Crippen molar-refractivity contribution in [1.82, 2.24) is 0 Å². The van der Waals surface area contributed by atoms with Crippen LogP contribution < -0.4 is 4.90 Å². The van der Waals surface area contributed by atoms with Gasteiger partial charge in [0.25, 0.3) is 0 Å². The lowest BCUT2D eigenvalue weighted by Crippen LogP contribution is -2.38. The highest BCUT2D eigenvalue weighted by Crippen LogP contribution is 2.46. The van der Waals surface area contributed by atoms with Gasteiger partial charge in [-0.25, -0.2) is 0 Å². The van der Waals surface area contributed by atoms with E-state index in [9.17, 15) is 0 Å². The van der Waals surface area contributed by atoms with E-state index in [1.54, 1.807) is 0 Å². The van der Waals surface area contributed by atoms with Crippen LogP contribution in [0.2, 0.25) is 0 Å². The third-order valence-corrected chi connectivity index (χ3v) is 4.31. The molecule has 0 amide bonds. The molecular weight excluding hydrogens is 202 g/mol. The zero-order valence-corrected chi connectivity index (χ0v) is 11.0. The van der Waals surface area contributed by atoms with Crippen molar-refractivity contribution < 1.29 is 0 Å². The van der Waals surface area contributed by atoms with E-state index in [2.05, 4.69) is 51.8 Å². The monoisotopic (exact) mass is 221 g/mol. The van der Waals surface area contributed by atoms with Gasteiger partial charge in [-0.15, -0.1) is 11.8 Å². The Hall–Kier alpha value is -0.630. The first kappa shape index (κ1) is 10.9. The molecule has 2 heteroatoms. The van der Waals surface area contributed by atoms with Crippen molar-refractivity contribution in [3.05, 3.63) is 23.3 Å². The van der Waals surface area contributed by atoms with Gasteiger partial charge in [-0.1, -0.05) is 12.1 Å². The largest absolute Gasteiger partial charge is 0.372 e. The summed E-state index contributed by atoms with van der Waals surface area (Å²) >= 11 is 2.02. The highest BCUT2D eigenvalue weighted by molar-refractivity contribution is 8.01. The molecule has 1 aromatic rings. The fourth-order valence-corrected chi connectivity index (χ4v) is 3.79. The molecule has 0 saturated carbocycles. The second-order valence-electron chi connectivity index (χ2n) is 5.09. The molecule has 0 spiro atoms. The van der Waals surface area contributed by atoms with Gasteiger partial charge in [0, 0.05) is 23.2 Å². The van der Waals surface area contributed by atoms with Crippen LogP contribution in [0.3, 0.4) is 0 Å². The minimum Gasteiger partial charge on any atom is -0.372 e. The molecule has 1 nitrogen and oxygen atoms in total. The lowest BCUT2D eigenvalue weighted by atomic mass is 10.1. The molecule has 0 aromatic heterocycles. The smallest absolute Gasteiger partial charge is 0.0534 e. The number of fused-ring (bicyclic) bond motifs is 1. The van der Waals surface area contributed by atoms with Gasteiger partial charge in [-0.05, 0) is 38.8 Å². The molecule has 82 valence electrons. The Bertz CT molecular complexity index is 396. The van der Waals surface area contributed by atoms with E-state index in [1.807, 2.05) is 11.8 Å². The third kappa shape index (κ3) is 1.87. The summed E-state index contributed by atoms with van der Waals surface area (Å²) in [5, 5.41) is 0. The van der Waals surface area contributed by atoms with E-state index >= 15 is 0 Å². The van der Waals surface area contributed by atoms with Crippen molar-refractivity contribution >= 4 is 17.4 Å². The summed E-state index contributed by atoms with van der Waals surface area (Å²) in [4.78, 5) is 3.86. The first-order valence-electron chi connectivity index (χ1n) is 5.41. The fourth-order valence-electron chi connectivity index (χ4n) is 2.33. The van der Waals surface area contributed by atoms with E-state index in [0.29, 0.717) is 4.75 Å². The highest BCUT2D eigenvalue weighted by Gasteiger charge is 2.30. The predicted molar refractivity (Wildman–Crippen MR) is 69.1 cm³/mol. The summed E-state index contributed by atoms with van der Waals surface area (Å²) in [5.41, 5.74) is 4.22. The zero-order valence-electron chi connectivity index (χ0n) is 10.2. The molecule has 0 radical (unpaired) electrons. The number of hydrogen-bond acceptors (Lipinski definition) is 2. The SMILES string of the molecule is Cc1ccc(C)c2c1SC(C)(C)CN2C. The molecule has 2 rings (SSSR count). The lowest BCUT2D eigenvalue weighted by molar-refractivity contribution is 0.674. The Kier molecular flexibility index (Phi) is 2.50. The summed E-state index contributed by atoms with van der Waals surface area (Å²) in [7, 11) is 2.20. The number of thioether (sulfide) groups is 1. The van der Waals surface area contributed by atoms with Crippen LogP contribution in [0, 0.1) is 13.8 Å².